The molecule has 0 atom stereocenters. The minimum Gasteiger partial charge on any atom is -0.297 e. The van der Waals surface area contributed by atoms with Crippen LogP contribution in [0.3, 0.4) is 0 Å². The molecule has 0 aromatic carbocycles. The lowest BCUT2D eigenvalue weighted by Gasteiger charge is -2.41. The highest BCUT2D eigenvalue weighted by Crippen LogP contribution is 2.02. The molecule has 0 amide bonds. The summed E-state index contributed by atoms with van der Waals surface area (Å²) in [6.45, 7) is 22.7. The van der Waals surface area contributed by atoms with Crippen LogP contribution in [-0.4, -0.2) is 46.0 Å². The Labute approximate surface area is 125 Å². The Balaban J connectivity index is 5.27. The third-order valence-corrected chi connectivity index (χ3v) is 6.14. The van der Waals surface area contributed by atoms with E-state index in [0.29, 0.717) is 19.6 Å². The Bertz CT molecular complexity index is 287. The zero-order valence-electron chi connectivity index (χ0n) is 12.4. The number of hydrogen-bond acceptors (Lipinski definition) is 4. The van der Waals surface area contributed by atoms with Gasteiger partial charge < -0.3 is 0 Å². The fraction of sp³-hybridized carbons (Fsp3) is 0.333. The largest absolute Gasteiger partial charge is 0.369 e. The maximum atomic E-state index is 3.84. The van der Waals surface area contributed by atoms with E-state index in [1.54, 1.807) is 0 Å². The van der Waals surface area contributed by atoms with Crippen LogP contribution in [0.2, 0.25) is 0 Å². The molecule has 0 unspecified atom stereocenters. The van der Waals surface area contributed by atoms with Gasteiger partial charge in [0.15, 0.2) is 0 Å². The van der Waals surface area contributed by atoms with Crippen LogP contribution in [0.1, 0.15) is 0 Å². The molecule has 20 heavy (non-hydrogen) atoms. The summed E-state index contributed by atoms with van der Waals surface area (Å²) in [5.41, 5.74) is 0. The number of nitrogens with one attached hydrogen (secondary N) is 3. The van der Waals surface area contributed by atoms with Gasteiger partial charge in [0, 0.05) is 32.7 Å². The van der Waals surface area contributed by atoms with Crippen LogP contribution in [0.25, 0.3) is 0 Å². The normalized spacial score (nSPS) is 11.1. The molecule has 0 spiro atoms. The topological polar surface area (TPSA) is 39.3 Å². The summed E-state index contributed by atoms with van der Waals surface area (Å²) in [5.74, 6) is 0. The molecule has 0 fully saturated rings. The molecule has 0 saturated carbocycles. The van der Waals surface area contributed by atoms with Crippen molar-refractivity contribution in [2.45, 2.75) is 0 Å². The predicted molar refractivity (Wildman–Crippen MR) is 92.3 cm³/mol. The minimum atomic E-state index is -2.30. The Morgan fingerprint density at radius 1 is 0.650 bits per heavy atom. The van der Waals surface area contributed by atoms with Gasteiger partial charge in [-0.05, 0) is 0 Å². The fourth-order valence-corrected chi connectivity index (χ4v) is 5.01. The van der Waals surface area contributed by atoms with Gasteiger partial charge in [-0.1, -0.05) is 30.4 Å². The molecule has 0 bridgehead atoms. The summed E-state index contributed by atoms with van der Waals surface area (Å²) < 4.78 is 2.30. The molecule has 3 N–H and O–H groups in total. The van der Waals surface area contributed by atoms with E-state index in [-0.39, 0.29) is 0 Å². The summed E-state index contributed by atoms with van der Waals surface area (Å²) in [7, 11) is -2.30. The molecule has 0 heterocycles. The lowest BCUT2D eigenvalue weighted by Crippen LogP contribution is -2.81. The maximum absolute atomic E-state index is 3.84. The van der Waals surface area contributed by atoms with Gasteiger partial charge in [0.05, 0.1) is 0 Å². The van der Waals surface area contributed by atoms with Gasteiger partial charge in [0.25, 0.3) is 0 Å². The highest BCUT2D eigenvalue weighted by molar-refractivity contribution is 6.70. The van der Waals surface area contributed by atoms with E-state index in [0.717, 1.165) is 13.1 Å². The molecular formula is C15H28N4Si. The predicted octanol–water partition coefficient (Wildman–Crippen LogP) is 1.42. The van der Waals surface area contributed by atoms with Crippen molar-refractivity contribution < 1.29 is 0 Å². The van der Waals surface area contributed by atoms with Crippen LogP contribution in [-0.2, 0) is 0 Å². The third kappa shape index (κ3) is 6.27. The number of hydrogen-bond donors (Lipinski definition) is 3. The summed E-state index contributed by atoms with van der Waals surface area (Å²) in [4.78, 5) is 10.7. The standard InChI is InChI=1S/C15H28N4Si/c1-6-11-16-20(17-12-7-2,18-13-8-3)19(14-9-4)15-10-5/h6-10,16-18H,1-5,11-15H2. The second kappa shape index (κ2) is 11.6. The second-order valence-electron chi connectivity index (χ2n) is 4.20. The molecule has 0 aromatic rings. The zero-order chi connectivity index (χ0) is 15.3. The van der Waals surface area contributed by atoms with Crippen LogP contribution in [0, 0.1) is 0 Å². The molecule has 0 aliphatic heterocycles. The van der Waals surface area contributed by atoms with Crippen LogP contribution < -0.4 is 14.9 Å². The molecule has 0 aromatic heterocycles. The Morgan fingerprint density at radius 3 is 1.25 bits per heavy atom. The average Bonchev–Trinajstić information content (AvgIpc) is 2.47. The van der Waals surface area contributed by atoms with Crippen LogP contribution in [0.4, 0.5) is 0 Å². The van der Waals surface area contributed by atoms with Gasteiger partial charge in [-0.15, -0.1) is 32.9 Å². The Hall–Kier alpha value is -1.24. The summed E-state index contributed by atoms with van der Waals surface area (Å²) in [6.07, 6.45) is 9.35. The van der Waals surface area contributed by atoms with Gasteiger partial charge >= 0.3 is 8.72 Å². The highest BCUT2D eigenvalue weighted by Gasteiger charge is 2.39. The van der Waals surface area contributed by atoms with E-state index in [1.807, 2.05) is 30.4 Å². The van der Waals surface area contributed by atoms with Crippen LogP contribution in [0.15, 0.2) is 63.3 Å². The zero-order valence-corrected chi connectivity index (χ0v) is 13.4. The highest BCUT2D eigenvalue weighted by atomic mass is 28.4. The van der Waals surface area contributed by atoms with Crippen molar-refractivity contribution in [2.75, 3.05) is 32.7 Å². The van der Waals surface area contributed by atoms with Crippen LogP contribution in [0.5, 0.6) is 0 Å². The summed E-state index contributed by atoms with van der Waals surface area (Å²) >= 11 is 0. The monoisotopic (exact) mass is 292 g/mol. The number of nitrogens with zero attached hydrogens (tertiary/aromatic N) is 1. The van der Waals surface area contributed by atoms with E-state index in [1.165, 1.54) is 0 Å². The van der Waals surface area contributed by atoms with E-state index in [9.17, 15) is 0 Å². The molecule has 0 aliphatic carbocycles. The molecule has 5 heteroatoms. The summed E-state index contributed by atoms with van der Waals surface area (Å²) in [6, 6.07) is 0. The van der Waals surface area contributed by atoms with Gasteiger partial charge in [-0.25, -0.2) is 0 Å². The van der Waals surface area contributed by atoms with Gasteiger partial charge in [-0.3, -0.25) is 19.5 Å². The first kappa shape index (κ1) is 18.8. The van der Waals surface area contributed by atoms with Gasteiger partial charge in [-0.2, -0.15) is 0 Å². The first-order valence-electron chi connectivity index (χ1n) is 6.75. The summed E-state index contributed by atoms with van der Waals surface area (Å²) in [5, 5.41) is 0. The van der Waals surface area contributed by atoms with Crippen molar-refractivity contribution in [3.8, 4) is 0 Å². The van der Waals surface area contributed by atoms with Crippen LogP contribution >= 0.6 is 0 Å². The SMILES string of the molecule is C=CCN[Si](NCC=C)(NCC=C)N(CC=C)CC=C. The molecule has 4 nitrogen and oxygen atoms in total. The first-order valence-corrected chi connectivity index (χ1v) is 8.70. The molecule has 0 rings (SSSR count). The van der Waals surface area contributed by atoms with Crippen molar-refractivity contribution in [3.05, 3.63) is 63.3 Å². The van der Waals surface area contributed by atoms with Crippen molar-refractivity contribution in [1.82, 2.24) is 19.5 Å². The quantitative estimate of drug-likeness (QED) is 0.334. The Morgan fingerprint density at radius 2 is 1.00 bits per heavy atom. The molecule has 0 radical (unpaired) electrons. The fourth-order valence-electron chi connectivity index (χ4n) is 1.84. The van der Waals surface area contributed by atoms with E-state index in [2.05, 4.69) is 52.4 Å². The van der Waals surface area contributed by atoms with Gasteiger partial charge in [0.1, 0.15) is 0 Å². The van der Waals surface area contributed by atoms with E-state index >= 15 is 0 Å². The van der Waals surface area contributed by atoms with Crippen molar-refractivity contribution in [3.63, 3.8) is 0 Å². The van der Waals surface area contributed by atoms with E-state index < -0.39 is 8.72 Å². The average molecular weight is 293 g/mol. The lowest BCUT2D eigenvalue weighted by atomic mass is 10.5. The lowest BCUT2D eigenvalue weighted by molar-refractivity contribution is 0.458. The van der Waals surface area contributed by atoms with E-state index in [4.69, 9.17) is 0 Å². The molecular weight excluding hydrogens is 264 g/mol. The second-order valence-corrected chi connectivity index (χ2v) is 7.32. The Kier molecular flexibility index (Phi) is 10.9. The van der Waals surface area contributed by atoms with Crippen molar-refractivity contribution >= 4 is 8.72 Å². The third-order valence-electron chi connectivity index (χ3n) is 2.68. The molecule has 0 saturated heterocycles. The smallest absolute Gasteiger partial charge is 0.297 e. The number of rotatable bonds is 14. The van der Waals surface area contributed by atoms with Crippen molar-refractivity contribution in [2.24, 2.45) is 0 Å². The first-order chi connectivity index (χ1) is 9.70. The minimum absolute atomic E-state index is 0.714. The van der Waals surface area contributed by atoms with Crippen molar-refractivity contribution in [1.29, 1.82) is 0 Å². The molecule has 0 aliphatic rings. The maximum Gasteiger partial charge on any atom is 0.369 e. The molecule has 112 valence electrons. The van der Waals surface area contributed by atoms with Gasteiger partial charge in [0.2, 0.25) is 0 Å².